The average molecular weight is 327 g/mol. The largest absolute Gasteiger partial charge is 0.490 e. The van der Waals surface area contributed by atoms with Crippen LogP contribution in [0, 0.1) is 0 Å². The third-order valence-corrected chi connectivity index (χ3v) is 4.35. The van der Waals surface area contributed by atoms with Crippen LogP contribution < -0.4 is 10.1 Å². The normalized spacial score (nSPS) is 16.2. The Hall–Kier alpha value is -2.50. The van der Waals surface area contributed by atoms with Gasteiger partial charge in [-0.3, -0.25) is 9.67 Å². The number of nitrogens with zero attached hydrogens (tertiary/aromatic N) is 4. The molecule has 1 aliphatic heterocycles. The minimum Gasteiger partial charge on any atom is -0.490 e. The molecule has 0 aliphatic carbocycles. The minimum absolute atomic E-state index is 0.277. The molecule has 6 heteroatoms. The molecule has 3 rings (SSSR count). The van der Waals surface area contributed by atoms with Gasteiger partial charge >= 0.3 is 0 Å². The standard InChI is InChI=1S/C18H25N5O/c1-19-18(20-14-15-8-11-21-22(15)2)23-12-9-17(10-13-23)24-16-6-4-3-5-7-16/h3-8,11,17H,9-10,12-14H2,1-2H3,(H,19,20). The van der Waals surface area contributed by atoms with E-state index in [4.69, 9.17) is 4.74 Å². The molecule has 0 saturated carbocycles. The zero-order chi connectivity index (χ0) is 16.8. The Morgan fingerprint density at radius 1 is 1.25 bits per heavy atom. The number of nitrogens with one attached hydrogen (secondary N) is 1. The van der Waals surface area contributed by atoms with Crippen molar-refractivity contribution in [3.63, 3.8) is 0 Å². The minimum atomic E-state index is 0.277. The third kappa shape index (κ3) is 4.07. The Balaban J connectivity index is 1.48. The van der Waals surface area contributed by atoms with E-state index in [0.717, 1.165) is 49.9 Å². The zero-order valence-electron chi connectivity index (χ0n) is 14.4. The Labute approximate surface area is 143 Å². The Morgan fingerprint density at radius 3 is 2.62 bits per heavy atom. The molecule has 24 heavy (non-hydrogen) atoms. The fraction of sp³-hybridized carbons (Fsp3) is 0.444. The number of guanidine groups is 1. The highest BCUT2D eigenvalue weighted by Crippen LogP contribution is 2.18. The molecule has 1 fully saturated rings. The molecule has 1 aliphatic rings. The summed E-state index contributed by atoms with van der Waals surface area (Å²) in [6, 6.07) is 12.1. The molecule has 0 radical (unpaired) electrons. The van der Waals surface area contributed by atoms with E-state index in [0.29, 0.717) is 0 Å². The van der Waals surface area contributed by atoms with Gasteiger partial charge in [0.25, 0.3) is 0 Å². The first-order valence-corrected chi connectivity index (χ1v) is 8.40. The van der Waals surface area contributed by atoms with Crippen molar-refractivity contribution in [2.24, 2.45) is 12.0 Å². The molecule has 1 N–H and O–H groups in total. The highest BCUT2D eigenvalue weighted by Gasteiger charge is 2.22. The molecule has 0 bridgehead atoms. The van der Waals surface area contributed by atoms with Crippen molar-refractivity contribution in [2.45, 2.75) is 25.5 Å². The molecule has 128 valence electrons. The molecule has 2 aromatic rings. The van der Waals surface area contributed by atoms with E-state index in [1.165, 1.54) is 0 Å². The highest BCUT2D eigenvalue weighted by atomic mass is 16.5. The van der Waals surface area contributed by atoms with Crippen molar-refractivity contribution in [3.05, 3.63) is 48.3 Å². The van der Waals surface area contributed by atoms with Crippen LogP contribution in [-0.4, -0.2) is 46.9 Å². The van der Waals surface area contributed by atoms with Crippen molar-refractivity contribution >= 4 is 5.96 Å². The van der Waals surface area contributed by atoms with Crippen LogP contribution in [0.5, 0.6) is 5.75 Å². The number of aryl methyl sites for hydroxylation is 1. The molecular weight excluding hydrogens is 302 g/mol. The molecule has 6 nitrogen and oxygen atoms in total. The van der Waals surface area contributed by atoms with E-state index in [2.05, 4.69) is 20.3 Å². The number of likely N-dealkylation sites (tertiary alicyclic amines) is 1. The topological polar surface area (TPSA) is 54.7 Å². The van der Waals surface area contributed by atoms with E-state index in [1.807, 2.05) is 61.4 Å². The number of hydrogen-bond acceptors (Lipinski definition) is 3. The van der Waals surface area contributed by atoms with Crippen LogP contribution in [0.1, 0.15) is 18.5 Å². The summed E-state index contributed by atoms with van der Waals surface area (Å²) in [5.74, 6) is 1.89. The van der Waals surface area contributed by atoms with Crippen LogP contribution >= 0.6 is 0 Å². The summed E-state index contributed by atoms with van der Waals surface area (Å²) < 4.78 is 7.93. The number of ether oxygens (including phenoxy) is 1. The summed E-state index contributed by atoms with van der Waals surface area (Å²) in [5, 5.41) is 7.61. The monoisotopic (exact) mass is 327 g/mol. The number of para-hydroxylation sites is 1. The van der Waals surface area contributed by atoms with Crippen molar-refractivity contribution in [1.82, 2.24) is 20.0 Å². The van der Waals surface area contributed by atoms with Gasteiger partial charge in [-0.05, 0) is 18.2 Å². The summed E-state index contributed by atoms with van der Waals surface area (Å²) in [4.78, 5) is 6.70. The van der Waals surface area contributed by atoms with Gasteiger partial charge in [0.2, 0.25) is 0 Å². The Bertz CT molecular complexity index is 659. The maximum atomic E-state index is 6.05. The number of benzene rings is 1. The van der Waals surface area contributed by atoms with Gasteiger partial charge in [-0.25, -0.2) is 0 Å². The van der Waals surface area contributed by atoms with Crippen molar-refractivity contribution in [1.29, 1.82) is 0 Å². The summed E-state index contributed by atoms with van der Waals surface area (Å²) in [5.41, 5.74) is 1.14. The Morgan fingerprint density at radius 2 is 2.00 bits per heavy atom. The second kappa shape index (κ2) is 7.86. The SMILES string of the molecule is CN=C(NCc1ccnn1C)N1CCC(Oc2ccccc2)CC1. The number of aliphatic imine (C=N–C) groups is 1. The summed E-state index contributed by atoms with van der Waals surface area (Å²) >= 11 is 0. The quantitative estimate of drug-likeness (QED) is 0.690. The van der Waals surface area contributed by atoms with E-state index >= 15 is 0 Å². The lowest BCUT2D eigenvalue weighted by Crippen LogP contribution is -2.47. The van der Waals surface area contributed by atoms with Crippen molar-refractivity contribution < 1.29 is 4.74 Å². The fourth-order valence-corrected chi connectivity index (χ4v) is 2.95. The van der Waals surface area contributed by atoms with Gasteiger partial charge in [-0.2, -0.15) is 5.10 Å². The Kier molecular flexibility index (Phi) is 5.36. The molecule has 1 aromatic heterocycles. The van der Waals surface area contributed by atoms with Gasteiger partial charge in [0, 0.05) is 46.2 Å². The van der Waals surface area contributed by atoms with Gasteiger partial charge in [-0.1, -0.05) is 18.2 Å². The van der Waals surface area contributed by atoms with Gasteiger partial charge in [-0.15, -0.1) is 0 Å². The maximum Gasteiger partial charge on any atom is 0.193 e. The van der Waals surface area contributed by atoms with E-state index < -0.39 is 0 Å². The van der Waals surface area contributed by atoms with Crippen LogP contribution in [0.25, 0.3) is 0 Å². The first kappa shape index (κ1) is 16.4. The second-order valence-electron chi connectivity index (χ2n) is 5.96. The molecular formula is C18H25N5O. The van der Waals surface area contributed by atoms with E-state index in [9.17, 15) is 0 Å². The lowest BCUT2D eigenvalue weighted by Gasteiger charge is -2.34. The van der Waals surface area contributed by atoms with Crippen LogP contribution in [0.4, 0.5) is 0 Å². The lowest BCUT2D eigenvalue weighted by molar-refractivity contribution is 0.129. The number of aromatic nitrogens is 2. The zero-order valence-corrected chi connectivity index (χ0v) is 14.4. The predicted octanol–water partition coefficient (Wildman–Crippen LogP) is 2.04. The molecule has 0 atom stereocenters. The molecule has 0 spiro atoms. The molecule has 1 aromatic carbocycles. The maximum absolute atomic E-state index is 6.05. The molecule has 1 saturated heterocycles. The van der Waals surface area contributed by atoms with Gasteiger partial charge in [0.1, 0.15) is 11.9 Å². The highest BCUT2D eigenvalue weighted by molar-refractivity contribution is 5.79. The van der Waals surface area contributed by atoms with Crippen LogP contribution in [0.3, 0.4) is 0 Å². The van der Waals surface area contributed by atoms with Crippen LogP contribution in [0.15, 0.2) is 47.6 Å². The van der Waals surface area contributed by atoms with Crippen molar-refractivity contribution in [2.75, 3.05) is 20.1 Å². The number of piperidine rings is 1. The van der Waals surface area contributed by atoms with Crippen LogP contribution in [0.2, 0.25) is 0 Å². The van der Waals surface area contributed by atoms with Gasteiger partial charge in [0.05, 0.1) is 12.2 Å². The first-order chi connectivity index (χ1) is 11.8. The fourth-order valence-electron chi connectivity index (χ4n) is 2.95. The number of rotatable bonds is 4. The lowest BCUT2D eigenvalue weighted by atomic mass is 10.1. The molecule has 2 heterocycles. The van der Waals surface area contributed by atoms with E-state index in [1.54, 1.807) is 0 Å². The summed E-state index contributed by atoms with van der Waals surface area (Å²) in [6.07, 6.45) is 4.09. The predicted molar refractivity (Wildman–Crippen MR) is 95.1 cm³/mol. The van der Waals surface area contributed by atoms with Crippen LogP contribution in [-0.2, 0) is 13.6 Å². The number of hydrogen-bond donors (Lipinski definition) is 1. The average Bonchev–Trinajstić information content (AvgIpc) is 3.03. The molecule has 0 amide bonds. The van der Waals surface area contributed by atoms with E-state index in [-0.39, 0.29) is 6.10 Å². The van der Waals surface area contributed by atoms with Gasteiger partial charge in [0.15, 0.2) is 5.96 Å². The third-order valence-electron chi connectivity index (χ3n) is 4.35. The molecule has 0 unspecified atom stereocenters. The smallest absolute Gasteiger partial charge is 0.193 e. The van der Waals surface area contributed by atoms with Crippen molar-refractivity contribution in [3.8, 4) is 5.75 Å². The van der Waals surface area contributed by atoms with Gasteiger partial charge < -0.3 is 15.0 Å². The summed E-state index contributed by atoms with van der Waals surface area (Å²) in [6.45, 7) is 2.62. The summed E-state index contributed by atoms with van der Waals surface area (Å²) in [7, 11) is 3.78. The first-order valence-electron chi connectivity index (χ1n) is 8.40. The second-order valence-corrected chi connectivity index (χ2v) is 5.96.